The third-order valence-corrected chi connectivity index (χ3v) is 6.21. The number of Topliss-reactive ketones (excluding diaryl/α,β-unsaturated/α-hetero) is 1. The lowest BCUT2D eigenvalue weighted by molar-refractivity contribution is -0.121. The predicted molar refractivity (Wildman–Crippen MR) is 96.9 cm³/mol. The molecule has 1 N–H and O–H groups in total. The summed E-state index contributed by atoms with van der Waals surface area (Å²) in [7, 11) is 0. The van der Waals surface area contributed by atoms with Gasteiger partial charge in [-0.1, -0.05) is 24.8 Å². The largest absolute Gasteiger partial charge is 0.301 e. The quantitative estimate of drug-likeness (QED) is 0.672. The van der Waals surface area contributed by atoms with Gasteiger partial charge in [-0.05, 0) is 30.0 Å². The first-order chi connectivity index (χ1) is 11.7. The molecule has 4 rings (SSSR count). The molecule has 124 valence electrons. The molecule has 2 aromatic heterocycles. The van der Waals surface area contributed by atoms with Crippen LogP contribution in [0.4, 0.5) is 5.82 Å². The summed E-state index contributed by atoms with van der Waals surface area (Å²) in [6.45, 7) is 2.01. The van der Waals surface area contributed by atoms with Crippen LogP contribution in [0.3, 0.4) is 0 Å². The molecule has 0 spiro atoms. The molecule has 7 heteroatoms. The van der Waals surface area contributed by atoms with Gasteiger partial charge in [0.2, 0.25) is 0 Å². The molecule has 2 aromatic rings. The van der Waals surface area contributed by atoms with E-state index in [1.54, 1.807) is 11.3 Å². The number of hydrogen-bond acceptors (Lipinski definition) is 6. The highest BCUT2D eigenvalue weighted by molar-refractivity contribution is 7.99. The molecule has 0 saturated heterocycles. The Bertz CT molecular complexity index is 870. The lowest BCUT2D eigenvalue weighted by Crippen LogP contribution is -2.39. The number of thioether (sulfide) groups is 1. The minimum atomic E-state index is -0.308. The van der Waals surface area contributed by atoms with Crippen LogP contribution >= 0.6 is 23.1 Å². The second kappa shape index (κ2) is 6.29. The number of nitrogens with zero attached hydrogens (tertiary/aromatic N) is 2. The fourth-order valence-electron chi connectivity index (χ4n) is 3.54. The first-order valence-electron chi connectivity index (χ1n) is 8.09. The number of aliphatic imine (C=N–C) groups is 1. The van der Waals surface area contributed by atoms with E-state index in [2.05, 4.69) is 15.0 Å². The van der Waals surface area contributed by atoms with Gasteiger partial charge in [0.05, 0.1) is 11.5 Å². The van der Waals surface area contributed by atoms with E-state index in [4.69, 9.17) is 0 Å². The van der Waals surface area contributed by atoms with Gasteiger partial charge in [-0.3, -0.25) is 9.59 Å². The first-order valence-corrected chi connectivity index (χ1v) is 9.96. The summed E-state index contributed by atoms with van der Waals surface area (Å²) in [5, 5.41) is 2.58. The summed E-state index contributed by atoms with van der Waals surface area (Å²) in [5.74, 6) is 0.951. The fraction of sp³-hybridized carbons (Fsp3) is 0.412. The van der Waals surface area contributed by atoms with E-state index in [-0.39, 0.29) is 23.2 Å². The van der Waals surface area contributed by atoms with Crippen LogP contribution in [-0.4, -0.2) is 27.2 Å². The Morgan fingerprint density at radius 2 is 2.21 bits per heavy atom. The van der Waals surface area contributed by atoms with Crippen LogP contribution in [0.25, 0.3) is 0 Å². The van der Waals surface area contributed by atoms with Gasteiger partial charge in [-0.15, -0.1) is 11.3 Å². The molecule has 1 fully saturated rings. The maximum atomic E-state index is 12.8. The standard InChI is InChI=1S/C17H17N3O2S2/c1-2-23-17-19-15-14(16(22)20-17)13(11-7-4-8-24-11)12-9(18-15)5-3-6-10(12)21/h4,7-8,12-13H,2-3,5-6H2,1H3,(H,19,20,22). The highest BCUT2D eigenvalue weighted by Crippen LogP contribution is 2.44. The van der Waals surface area contributed by atoms with E-state index in [9.17, 15) is 9.59 Å². The van der Waals surface area contributed by atoms with Gasteiger partial charge in [0.1, 0.15) is 5.78 Å². The van der Waals surface area contributed by atoms with Gasteiger partial charge in [0, 0.05) is 22.9 Å². The number of rotatable bonds is 3. The van der Waals surface area contributed by atoms with E-state index in [1.807, 2.05) is 24.4 Å². The number of ketones is 1. The highest BCUT2D eigenvalue weighted by Gasteiger charge is 2.43. The monoisotopic (exact) mass is 359 g/mol. The van der Waals surface area contributed by atoms with Crippen LogP contribution < -0.4 is 5.56 Å². The molecule has 0 aromatic carbocycles. The van der Waals surface area contributed by atoms with Crippen molar-refractivity contribution < 1.29 is 4.79 Å². The minimum Gasteiger partial charge on any atom is -0.301 e. The lowest BCUT2D eigenvalue weighted by Gasteiger charge is -2.33. The molecule has 1 aliphatic carbocycles. The number of H-pyrrole nitrogens is 1. The molecule has 1 saturated carbocycles. The van der Waals surface area contributed by atoms with Crippen molar-refractivity contribution in [3.8, 4) is 0 Å². The van der Waals surface area contributed by atoms with Gasteiger partial charge in [0.25, 0.3) is 5.56 Å². The number of aromatic nitrogens is 2. The van der Waals surface area contributed by atoms with E-state index < -0.39 is 0 Å². The average molecular weight is 359 g/mol. The molecule has 2 atom stereocenters. The number of carbonyl (C=O) groups is 1. The Hall–Kier alpha value is -1.73. The molecular formula is C17H17N3O2S2. The van der Waals surface area contributed by atoms with Gasteiger partial charge in [0.15, 0.2) is 11.0 Å². The Kier molecular flexibility index (Phi) is 4.14. The maximum Gasteiger partial charge on any atom is 0.257 e. The second-order valence-corrected chi connectivity index (χ2v) is 8.17. The lowest BCUT2D eigenvalue weighted by atomic mass is 9.72. The molecule has 0 bridgehead atoms. The summed E-state index contributed by atoms with van der Waals surface area (Å²) in [6.07, 6.45) is 2.21. The van der Waals surface area contributed by atoms with Crippen molar-refractivity contribution in [3.05, 3.63) is 38.3 Å². The van der Waals surface area contributed by atoms with Crippen LogP contribution in [-0.2, 0) is 4.79 Å². The Morgan fingerprint density at radius 3 is 2.96 bits per heavy atom. The van der Waals surface area contributed by atoms with Crippen LogP contribution in [0.15, 0.2) is 32.5 Å². The molecular weight excluding hydrogens is 342 g/mol. The van der Waals surface area contributed by atoms with Crippen molar-refractivity contribution in [3.63, 3.8) is 0 Å². The summed E-state index contributed by atoms with van der Waals surface area (Å²) in [6, 6.07) is 3.96. The van der Waals surface area contributed by atoms with Gasteiger partial charge in [-0.25, -0.2) is 9.98 Å². The Labute approximate surface area is 147 Å². The molecule has 0 radical (unpaired) electrons. The van der Waals surface area contributed by atoms with Crippen LogP contribution in [0.1, 0.15) is 42.5 Å². The minimum absolute atomic E-state index is 0.171. The van der Waals surface area contributed by atoms with Crippen LogP contribution in [0, 0.1) is 5.92 Å². The van der Waals surface area contributed by atoms with E-state index in [0.29, 0.717) is 23.0 Å². The zero-order valence-corrected chi connectivity index (χ0v) is 14.9. The highest BCUT2D eigenvalue weighted by atomic mass is 32.2. The Balaban J connectivity index is 1.94. The number of thiophene rings is 1. The van der Waals surface area contributed by atoms with Crippen molar-refractivity contribution >= 4 is 40.4 Å². The van der Waals surface area contributed by atoms with Crippen molar-refractivity contribution in [2.24, 2.45) is 10.9 Å². The summed E-state index contributed by atoms with van der Waals surface area (Å²) in [5.41, 5.74) is 1.26. The van der Waals surface area contributed by atoms with Gasteiger partial charge in [-0.2, -0.15) is 0 Å². The third kappa shape index (κ3) is 2.56. The smallest absolute Gasteiger partial charge is 0.257 e. The zero-order chi connectivity index (χ0) is 16.7. The fourth-order valence-corrected chi connectivity index (χ4v) is 5.00. The van der Waals surface area contributed by atoms with E-state index in [1.165, 1.54) is 11.8 Å². The number of nitrogens with one attached hydrogen (secondary N) is 1. The molecule has 3 heterocycles. The SMILES string of the molecule is CCSc1nc2c(c(=O)[nH]1)C(c1cccs1)C1C(=O)CCCC1=N2. The number of fused-ring (bicyclic) bond motifs is 2. The van der Waals surface area contributed by atoms with Gasteiger partial charge >= 0.3 is 0 Å². The number of carbonyl (C=O) groups excluding carboxylic acids is 1. The molecule has 2 unspecified atom stereocenters. The van der Waals surface area contributed by atoms with E-state index in [0.717, 1.165) is 29.2 Å². The average Bonchev–Trinajstić information content (AvgIpc) is 3.07. The molecule has 24 heavy (non-hydrogen) atoms. The van der Waals surface area contributed by atoms with Crippen molar-refractivity contribution in [2.75, 3.05) is 5.75 Å². The molecule has 0 amide bonds. The van der Waals surface area contributed by atoms with Crippen LogP contribution in [0.2, 0.25) is 0 Å². The Morgan fingerprint density at radius 1 is 1.33 bits per heavy atom. The summed E-state index contributed by atoms with van der Waals surface area (Å²) < 4.78 is 0. The van der Waals surface area contributed by atoms with Crippen molar-refractivity contribution in [1.29, 1.82) is 0 Å². The normalized spacial score (nSPS) is 22.7. The van der Waals surface area contributed by atoms with E-state index >= 15 is 0 Å². The predicted octanol–water partition coefficient (Wildman–Crippen LogP) is 3.53. The summed E-state index contributed by atoms with van der Waals surface area (Å²) >= 11 is 3.07. The maximum absolute atomic E-state index is 12.8. The summed E-state index contributed by atoms with van der Waals surface area (Å²) in [4.78, 5) is 38.5. The van der Waals surface area contributed by atoms with Gasteiger partial charge < -0.3 is 4.98 Å². The molecule has 5 nitrogen and oxygen atoms in total. The van der Waals surface area contributed by atoms with Crippen molar-refractivity contribution in [1.82, 2.24) is 9.97 Å². The van der Waals surface area contributed by atoms with Crippen LogP contribution in [0.5, 0.6) is 0 Å². The van der Waals surface area contributed by atoms with Crippen molar-refractivity contribution in [2.45, 2.75) is 37.3 Å². The molecule has 2 aliphatic rings. The zero-order valence-electron chi connectivity index (χ0n) is 13.2. The second-order valence-electron chi connectivity index (χ2n) is 5.94. The number of aromatic amines is 1. The molecule has 1 aliphatic heterocycles. The third-order valence-electron chi connectivity index (χ3n) is 4.50. The number of hydrogen-bond donors (Lipinski definition) is 1. The first kappa shape index (κ1) is 15.8. The topological polar surface area (TPSA) is 75.2 Å².